The van der Waals surface area contributed by atoms with E-state index in [0.717, 1.165) is 24.1 Å². The highest BCUT2D eigenvalue weighted by molar-refractivity contribution is 7.14. The molecule has 0 fully saturated rings. The second-order valence-electron chi connectivity index (χ2n) is 7.51. The highest BCUT2D eigenvalue weighted by atomic mass is 32.1. The monoisotopic (exact) mass is 416 g/mol. The van der Waals surface area contributed by atoms with E-state index in [-0.39, 0.29) is 17.2 Å². The molecule has 2 aromatic carbocycles. The van der Waals surface area contributed by atoms with E-state index in [2.05, 4.69) is 33.6 Å². The van der Waals surface area contributed by atoms with Crippen molar-refractivity contribution in [3.8, 4) is 11.3 Å². The van der Waals surface area contributed by atoms with E-state index in [9.17, 15) is 9.59 Å². The summed E-state index contributed by atoms with van der Waals surface area (Å²) in [6, 6.07) is 13.5. The van der Waals surface area contributed by atoms with E-state index in [1.807, 2.05) is 5.38 Å². The van der Waals surface area contributed by atoms with Gasteiger partial charge in [0.1, 0.15) is 0 Å². The zero-order valence-electron chi connectivity index (χ0n) is 16.5. The van der Waals surface area contributed by atoms with Gasteiger partial charge in [0.05, 0.1) is 11.1 Å². The van der Waals surface area contributed by atoms with E-state index in [4.69, 9.17) is 0 Å². The molecule has 2 aromatic heterocycles. The molecule has 5 rings (SSSR count). The molecule has 1 amide bonds. The number of benzene rings is 2. The molecule has 0 aliphatic heterocycles. The van der Waals surface area contributed by atoms with Gasteiger partial charge in [0.25, 0.3) is 11.5 Å². The predicted octanol–water partition coefficient (Wildman–Crippen LogP) is 4.19. The Morgan fingerprint density at radius 1 is 1.07 bits per heavy atom. The van der Waals surface area contributed by atoms with Gasteiger partial charge in [-0.1, -0.05) is 30.3 Å². The second kappa shape index (κ2) is 7.50. The Labute approximate surface area is 177 Å². The van der Waals surface area contributed by atoms with Crippen LogP contribution in [0.4, 0.5) is 5.13 Å². The number of nitrogens with zero attached hydrogens (tertiary/aromatic N) is 3. The molecule has 30 heavy (non-hydrogen) atoms. The molecule has 1 aliphatic rings. The van der Waals surface area contributed by atoms with Crippen LogP contribution in [-0.4, -0.2) is 20.7 Å². The number of thiazole rings is 1. The summed E-state index contributed by atoms with van der Waals surface area (Å²) >= 11 is 1.38. The lowest BCUT2D eigenvalue weighted by Crippen LogP contribution is -2.25. The lowest BCUT2D eigenvalue weighted by atomic mass is 9.90. The maximum Gasteiger partial charge on any atom is 0.278 e. The van der Waals surface area contributed by atoms with Gasteiger partial charge in [-0.15, -0.1) is 11.3 Å². The van der Waals surface area contributed by atoms with Crippen LogP contribution in [0, 0.1) is 0 Å². The molecule has 0 spiro atoms. The Morgan fingerprint density at radius 2 is 1.83 bits per heavy atom. The van der Waals surface area contributed by atoms with Crippen molar-refractivity contribution in [2.45, 2.75) is 25.7 Å². The van der Waals surface area contributed by atoms with E-state index in [1.54, 1.807) is 31.3 Å². The Morgan fingerprint density at radius 3 is 2.67 bits per heavy atom. The number of aromatic nitrogens is 3. The third kappa shape index (κ3) is 3.31. The number of hydrogen-bond donors (Lipinski definition) is 1. The summed E-state index contributed by atoms with van der Waals surface area (Å²) in [5.74, 6) is -0.381. The molecular formula is C23H20N4O2S. The zero-order valence-corrected chi connectivity index (χ0v) is 17.3. The first kappa shape index (κ1) is 18.7. The molecular weight excluding hydrogens is 396 g/mol. The number of amides is 1. The van der Waals surface area contributed by atoms with Crippen LogP contribution in [0.15, 0.2) is 52.6 Å². The van der Waals surface area contributed by atoms with Crippen molar-refractivity contribution in [1.29, 1.82) is 0 Å². The number of fused-ring (bicyclic) bond motifs is 2. The van der Waals surface area contributed by atoms with Crippen molar-refractivity contribution in [3.05, 3.63) is 75.0 Å². The smallest absolute Gasteiger partial charge is 0.278 e. The molecule has 0 unspecified atom stereocenters. The fourth-order valence-electron chi connectivity index (χ4n) is 3.98. The summed E-state index contributed by atoms with van der Waals surface area (Å²) in [7, 11) is 1.54. The van der Waals surface area contributed by atoms with E-state index < -0.39 is 0 Å². The summed E-state index contributed by atoms with van der Waals surface area (Å²) in [5.41, 5.74) is 4.73. The number of anilines is 1. The van der Waals surface area contributed by atoms with Crippen molar-refractivity contribution in [1.82, 2.24) is 14.8 Å². The Hall–Kier alpha value is -3.32. The number of carbonyl (C=O) groups excluding carboxylic acids is 1. The number of aryl methyl sites for hydroxylation is 3. The highest BCUT2D eigenvalue weighted by Crippen LogP contribution is 2.30. The fourth-order valence-corrected chi connectivity index (χ4v) is 4.69. The normalized spacial score (nSPS) is 13.2. The summed E-state index contributed by atoms with van der Waals surface area (Å²) in [6.45, 7) is 0. The summed E-state index contributed by atoms with van der Waals surface area (Å²) in [5, 5.41) is 10.5. The fraction of sp³-hybridized carbons (Fsp3) is 0.217. The molecule has 0 saturated carbocycles. The van der Waals surface area contributed by atoms with Gasteiger partial charge >= 0.3 is 0 Å². The van der Waals surface area contributed by atoms with Gasteiger partial charge in [0.2, 0.25) is 0 Å². The van der Waals surface area contributed by atoms with Crippen LogP contribution in [-0.2, 0) is 19.9 Å². The Bertz CT molecular complexity index is 1340. The quantitative estimate of drug-likeness (QED) is 0.543. The Balaban J connectivity index is 1.44. The molecule has 4 aromatic rings. The van der Waals surface area contributed by atoms with Crippen LogP contribution >= 0.6 is 11.3 Å². The van der Waals surface area contributed by atoms with E-state index in [1.165, 1.54) is 40.0 Å². The molecule has 7 heteroatoms. The first-order chi connectivity index (χ1) is 14.6. The molecule has 2 heterocycles. The number of rotatable bonds is 3. The van der Waals surface area contributed by atoms with Crippen LogP contribution in [0.3, 0.4) is 0 Å². The number of nitrogens with one attached hydrogen (secondary N) is 1. The predicted molar refractivity (Wildman–Crippen MR) is 119 cm³/mol. The van der Waals surface area contributed by atoms with Gasteiger partial charge in [-0.2, -0.15) is 5.10 Å². The minimum Gasteiger partial charge on any atom is -0.296 e. The van der Waals surface area contributed by atoms with Crippen LogP contribution in [0.1, 0.15) is 34.5 Å². The van der Waals surface area contributed by atoms with E-state index >= 15 is 0 Å². The number of carbonyl (C=O) groups is 1. The minimum absolute atomic E-state index is 0.207. The van der Waals surface area contributed by atoms with Gasteiger partial charge in [-0.05, 0) is 48.9 Å². The van der Waals surface area contributed by atoms with Crippen molar-refractivity contribution in [2.75, 3.05) is 5.32 Å². The maximum atomic E-state index is 12.9. The highest BCUT2D eigenvalue weighted by Gasteiger charge is 2.18. The summed E-state index contributed by atoms with van der Waals surface area (Å²) < 4.78 is 1.19. The SMILES string of the molecule is Cn1nc(C(=O)Nc2nc(-c3ccc4c(c3)CCCC4)cs2)c2ccccc2c1=O. The topological polar surface area (TPSA) is 76.9 Å². The van der Waals surface area contributed by atoms with Crippen molar-refractivity contribution in [3.63, 3.8) is 0 Å². The molecule has 1 N–H and O–H groups in total. The van der Waals surface area contributed by atoms with Crippen LogP contribution in [0.2, 0.25) is 0 Å². The summed E-state index contributed by atoms with van der Waals surface area (Å²) in [4.78, 5) is 29.8. The van der Waals surface area contributed by atoms with Crippen LogP contribution in [0.5, 0.6) is 0 Å². The van der Waals surface area contributed by atoms with Crippen LogP contribution in [0.25, 0.3) is 22.0 Å². The second-order valence-corrected chi connectivity index (χ2v) is 8.36. The lowest BCUT2D eigenvalue weighted by molar-refractivity contribution is 0.102. The molecule has 0 atom stereocenters. The maximum absolute atomic E-state index is 12.9. The molecule has 0 saturated heterocycles. The average Bonchev–Trinajstić information content (AvgIpc) is 3.24. The largest absolute Gasteiger partial charge is 0.296 e. The first-order valence-corrected chi connectivity index (χ1v) is 10.8. The van der Waals surface area contributed by atoms with Gasteiger partial charge in [-0.3, -0.25) is 14.9 Å². The minimum atomic E-state index is -0.381. The molecule has 150 valence electrons. The van der Waals surface area contributed by atoms with Crippen molar-refractivity contribution in [2.24, 2.45) is 7.05 Å². The standard InChI is InChI=1S/C23H20N4O2S/c1-27-22(29)18-9-5-4-8-17(18)20(26-27)21(28)25-23-24-19(13-30-23)16-11-10-14-6-2-3-7-15(14)12-16/h4-5,8-13H,2-3,6-7H2,1H3,(H,24,25,28). The van der Waals surface area contributed by atoms with Crippen molar-refractivity contribution < 1.29 is 4.79 Å². The third-order valence-electron chi connectivity index (χ3n) is 5.54. The number of hydrogen-bond acceptors (Lipinski definition) is 5. The van der Waals surface area contributed by atoms with E-state index in [0.29, 0.717) is 15.9 Å². The lowest BCUT2D eigenvalue weighted by Gasteiger charge is -2.16. The summed E-state index contributed by atoms with van der Waals surface area (Å²) in [6.07, 6.45) is 4.75. The van der Waals surface area contributed by atoms with Crippen molar-refractivity contribution >= 4 is 33.1 Å². The third-order valence-corrected chi connectivity index (χ3v) is 6.30. The van der Waals surface area contributed by atoms with Gasteiger partial charge in [0.15, 0.2) is 10.8 Å². The first-order valence-electron chi connectivity index (χ1n) is 9.95. The van der Waals surface area contributed by atoms with Gasteiger partial charge in [-0.25, -0.2) is 9.67 Å². The average molecular weight is 417 g/mol. The molecule has 0 bridgehead atoms. The Kier molecular flexibility index (Phi) is 4.67. The van der Waals surface area contributed by atoms with Crippen LogP contribution < -0.4 is 10.9 Å². The molecule has 6 nitrogen and oxygen atoms in total. The molecule has 0 radical (unpaired) electrons. The molecule has 1 aliphatic carbocycles. The zero-order chi connectivity index (χ0) is 20.7. The van der Waals surface area contributed by atoms with Gasteiger partial charge in [0, 0.05) is 23.4 Å². The van der Waals surface area contributed by atoms with Gasteiger partial charge < -0.3 is 0 Å².